The Hall–Kier alpha value is -0.950. The van der Waals surface area contributed by atoms with Gasteiger partial charge in [0.2, 0.25) is 0 Å². The molecule has 1 atom stereocenters. The zero-order chi connectivity index (χ0) is 12.8. The molecule has 0 aromatic rings. The van der Waals surface area contributed by atoms with E-state index in [1.54, 1.807) is 12.0 Å². The SMILES string of the molecule is CCN(CCOC)C(=O)N1CSCC1C(=O)O. The quantitative estimate of drug-likeness (QED) is 0.783. The number of likely N-dealkylation sites (N-methyl/N-ethyl adjacent to an activating group) is 1. The van der Waals surface area contributed by atoms with Crippen molar-refractivity contribution in [2.75, 3.05) is 38.4 Å². The number of carbonyl (C=O) groups is 2. The molecule has 17 heavy (non-hydrogen) atoms. The summed E-state index contributed by atoms with van der Waals surface area (Å²) in [5, 5.41) is 9.01. The van der Waals surface area contributed by atoms with Crippen LogP contribution >= 0.6 is 11.8 Å². The maximum Gasteiger partial charge on any atom is 0.327 e. The summed E-state index contributed by atoms with van der Waals surface area (Å²) in [5.74, 6) is -0.0338. The molecule has 1 rings (SSSR count). The minimum Gasteiger partial charge on any atom is -0.480 e. The Kier molecular flexibility index (Phi) is 5.57. The second-order valence-electron chi connectivity index (χ2n) is 3.68. The van der Waals surface area contributed by atoms with Gasteiger partial charge in [0.15, 0.2) is 0 Å². The van der Waals surface area contributed by atoms with Crippen molar-refractivity contribution in [1.82, 2.24) is 9.80 Å². The van der Waals surface area contributed by atoms with Gasteiger partial charge in [-0.3, -0.25) is 0 Å². The van der Waals surface area contributed by atoms with Crippen LogP contribution in [0.3, 0.4) is 0 Å². The van der Waals surface area contributed by atoms with Crippen molar-refractivity contribution >= 4 is 23.8 Å². The number of hydrogen-bond donors (Lipinski definition) is 1. The molecule has 1 fully saturated rings. The standard InChI is InChI=1S/C10H18N2O4S/c1-3-11(4-5-16-2)10(15)12-7-17-6-8(12)9(13)14/h8H,3-7H2,1-2H3,(H,13,14). The molecule has 2 amide bonds. The van der Waals surface area contributed by atoms with Crippen LogP contribution in [0.4, 0.5) is 4.79 Å². The summed E-state index contributed by atoms with van der Waals surface area (Å²) in [6.07, 6.45) is 0. The monoisotopic (exact) mass is 262 g/mol. The molecule has 1 N–H and O–H groups in total. The lowest BCUT2D eigenvalue weighted by Crippen LogP contribution is -2.49. The average Bonchev–Trinajstić information content (AvgIpc) is 2.78. The molecule has 6 nitrogen and oxygen atoms in total. The third kappa shape index (κ3) is 3.50. The van der Waals surface area contributed by atoms with Crippen LogP contribution in [0.25, 0.3) is 0 Å². The van der Waals surface area contributed by atoms with Gasteiger partial charge in [-0.2, -0.15) is 0 Å². The minimum absolute atomic E-state index is 0.220. The molecule has 0 spiro atoms. The van der Waals surface area contributed by atoms with Gasteiger partial charge in [-0.25, -0.2) is 9.59 Å². The van der Waals surface area contributed by atoms with Gasteiger partial charge in [0.1, 0.15) is 6.04 Å². The van der Waals surface area contributed by atoms with E-state index in [9.17, 15) is 9.59 Å². The van der Waals surface area contributed by atoms with E-state index < -0.39 is 12.0 Å². The highest BCUT2D eigenvalue weighted by atomic mass is 32.2. The van der Waals surface area contributed by atoms with E-state index >= 15 is 0 Å². The highest BCUT2D eigenvalue weighted by Crippen LogP contribution is 2.22. The number of carbonyl (C=O) groups excluding carboxylic acids is 1. The molecule has 98 valence electrons. The highest BCUT2D eigenvalue weighted by Gasteiger charge is 2.36. The maximum atomic E-state index is 12.1. The number of nitrogens with zero attached hydrogens (tertiary/aromatic N) is 2. The van der Waals surface area contributed by atoms with E-state index in [-0.39, 0.29) is 6.03 Å². The number of carboxylic acid groups (broad SMARTS) is 1. The van der Waals surface area contributed by atoms with Gasteiger partial charge in [-0.05, 0) is 6.92 Å². The van der Waals surface area contributed by atoms with Gasteiger partial charge in [0.05, 0.1) is 12.5 Å². The summed E-state index contributed by atoms with van der Waals surface area (Å²) in [6, 6.07) is -0.925. The number of amides is 2. The van der Waals surface area contributed by atoms with Gasteiger partial charge < -0.3 is 19.6 Å². The number of methoxy groups -OCH3 is 1. The molecule has 1 saturated heterocycles. The average molecular weight is 262 g/mol. The Morgan fingerprint density at radius 2 is 2.29 bits per heavy atom. The second-order valence-corrected chi connectivity index (χ2v) is 4.68. The largest absolute Gasteiger partial charge is 0.480 e. The molecule has 1 aliphatic rings. The van der Waals surface area contributed by atoms with Crippen LogP contribution in [0.5, 0.6) is 0 Å². The highest BCUT2D eigenvalue weighted by molar-refractivity contribution is 7.99. The number of aliphatic carboxylic acids is 1. The van der Waals surface area contributed by atoms with Crippen molar-refractivity contribution in [3.05, 3.63) is 0 Å². The van der Waals surface area contributed by atoms with Crippen LogP contribution in [0.15, 0.2) is 0 Å². The normalized spacial score (nSPS) is 19.4. The minimum atomic E-state index is -0.939. The first-order valence-corrected chi connectivity index (χ1v) is 6.62. The number of carboxylic acids is 1. The fourth-order valence-electron chi connectivity index (χ4n) is 1.61. The van der Waals surface area contributed by atoms with Crippen molar-refractivity contribution in [3.8, 4) is 0 Å². The van der Waals surface area contributed by atoms with E-state index in [0.717, 1.165) is 0 Å². The van der Waals surface area contributed by atoms with Gasteiger partial charge >= 0.3 is 12.0 Å². The predicted molar refractivity (Wildman–Crippen MR) is 65.1 cm³/mol. The lowest BCUT2D eigenvalue weighted by molar-refractivity contribution is -0.140. The van der Waals surface area contributed by atoms with E-state index in [0.29, 0.717) is 31.3 Å². The molecular formula is C10H18N2O4S. The summed E-state index contributed by atoms with van der Waals surface area (Å²) in [5.41, 5.74) is 0. The molecule has 0 aromatic heterocycles. The van der Waals surface area contributed by atoms with Gasteiger partial charge in [-0.15, -0.1) is 11.8 Å². The number of rotatable bonds is 5. The van der Waals surface area contributed by atoms with Crippen LogP contribution in [0.2, 0.25) is 0 Å². The van der Waals surface area contributed by atoms with Crippen LogP contribution in [-0.4, -0.2) is 71.4 Å². The lowest BCUT2D eigenvalue weighted by Gasteiger charge is -2.28. The van der Waals surface area contributed by atoms with Crippen LogP contribution < -0.4 is 0 Å². The van der Waals surface area contributed by atoms with Crippen LogP contribution in [0.1, 0.15) is 6.92 Å². The second kappa shape index (κ2) is 6.70. The Morgan fingerprint density at radius 3 is 2.82 bits per heavy atom. The van der Waals surface area contributed by atoms with Crippen molar-refractivity contribution in [1.29, 1.82) is 0 Å². The maximum absolute atomic E-state index is 12.1. The topological polar surface area (TPSA) is 70.1 Å². The number of urea groups is 1. The van der Waals surface area contributed by atoms with Gasteiger partial charge in [0, 0.05) is 26.0 Å². The fraction of sp³-hybridized carbons (Fsp3) is 0.800. The first-order chi connectivity index (χ1) is 8.11. The summed E-state index contributed by atoms with van der Waals surface area (Å²) < 4.78 is 4.93. The molecule has 1 aliphatic heterocycles. The van der Waals surface area contributed by atoms with Gasteiger partial charge in [0.25, 0.3) is 0 Å². The Labute approximate surface area is 105 Å². The Bertz CT molecular complexity index is 287. The smallest absolute Gasteiger partial charge is 0.327 e. The molecular weight excluding hydrogens is 244 g/mol. The number of thioether (sulfide) groups is 1. The van der Waals surface area contributed by atoms with Crippen molar-refractivity contribution in [2.45, 2.75) is 13.0 Å². The summed E-state index contributed by atoms with van der Waals surface area (Å²) in [6.45, 7) is 3.36. The van der Waals surface area contributed by atoms with Crippen LogP contribution in [-0.2, 0) is 9.53 Å². The number of hydrogen-bond acceptors (Lipinski definition) is 4. The molecule has 0 aliphatic carbocycles. The van der Waals surface area contributed by atoms with Crippen molar-refractivity contribution < 1.29 is 19.4 Å². The van der Waals surface area contributed by atoms with Crippen molar-refractivity contribution in [2.24, 2.45) is 0 Å². The predicted octanol–water partition coefficient (Wildman–Crippen LogP) is 0.534. The summed E-state index contributed by atoms with van der Waals surface area (Å²) >= 11 is 1.47. The van der Waals surface area contributed by atoms with E-state index in [2.05, 4.69) is 0 Å². The molecule has 1 heterocycles. The molecule has 0 saturated carbocycles. The van der Waals surface area contributed by atoms with Crippen molar-refractivity contribution in [3.63, 3.8) is 0 Å². The van der Waals surface area contributed by atoms with E-state index in [1.807, 2.05) is 6.92 Å². The first kappa shape index (κ1) is 14.1. The van der Waals surface area contributed by atoms with E-state index in [4.69, 9.17) is 9.84 Å². The Balaban J connectivity index is 2.63. The fourth-order valence-corrected chi connectivity index (χ4v) is 2.75. The third-order valence-electron chi connectivity index (χ3n) is 2.63. The molecule has 0 aromatic carbocycles. The summed E-state index contributed by atoms with van der Waals surface area (Å²) in [7, 11) is 1.57. The molecule has 7 heteroatoms. The zero-order valence-corrected chi connectivity index (χ0v) is 10.9. The first-order valence-electron chi connectivity index (χ1n) is 5.46. The van der Waals surface area contributed by atoms with E-state index in [1.165, 1.54) is 16.7 Å². The molecule has 0 bridgehead atoms. The van der Waals surface area contributed by atoms with Gasteiger partial charge in [-0.1, -0.05) is 0 Å². The zero-order valence-electron chi connectivity index (χ0n) is 10.1. The van der Waals surface area contributed by atoms with Crippen LogP contribution in [0, 0.1) is 0 Å². The Morgan fingerprint density at radius 1 is 1.59 bits per heavy atom. The molecule has 1 unspecified atom stereocenters. The lowest BCUT2D eigenvalue weighted by atomic mass is 10.3. The third-order valence-corrected chi connectivity index (χ3v) is 3.64. The number of ether oxygens (including phenoxy) is 1. The summed E-state index contributed by atoms with van der Waals surface area (Å²) in [4.78, 5) is 26.1. The molecule has 0 radical (unpaired) electrons.